The first kappa shape index (κ1) is 48.2. The molecule has 8 N–H and O–H groups in total. The summed E-state index contributed by atoms with van der Waals surface area (Å²) < 4.78 is 62.7. The number of nitrogens with two attached hydrogens (primary N) is 2. The number of thioether (sulfide) groups is 1. The maximum Gasteiger partial charge on any atom is 0.490 e. The number of hydrogen-bond donors (Lipinski definition) is 6. The zero-order chi connectivity index (χ0) is 43.1. The van der Waals surface area contributed by atoms with E-state index in [9.17, 15) is 46.2 Å². The van der Waals surface area contributed by atoms with E-state index in [0.29, 0.717) is 18.8 Å². The van der Waals surface area contributed by atoms with Crippen molar-refractivity contribution in [2.75, 3.05) is 31.2 Å². The Bertz CT molecular complexity index is 1820. The van der Waals surface area contributed by atoms with Crippen LogP contribution >= 0.6 is 11.8 Å². The molecule has 0 fully saturated rings. The number of benzene rings is 2. The highest BCUT2D eigenvalue weighted by molar-refractivity contribution is 8.00. The van der Waals surface area contributed by atoms with Crippen LogP contribution in [0.2, 0.25) is 0 Å². The number of carbonyl (C=O) groups is 5. The largest absolute Gasteiger partial charge is 0.490 e. The van der Waals surface area contributed by atoms with Crippen molar-refractivity contribution in [1.29, 1.82) is 0 Å². The second-order valence-corrected chi connectivity index (χ2v) is 14.9. The van der Waals surface area contributed by atoms with Crippen LogP contribution in [0.3, 0.4) is 0 Å². The van der Waals surface area contributed by atoms with Crippen LogP contribution in [-0.2, 0) is 30.5 Å². The number of aliphatic carboxylic acids is 2. The number of carboxylic acid groups (broad SMARTS) is 2. The fourth-order valence-corrected chi connectivity index (χ4v) is 6.23. The molecule has 0 bridgehead atoms. The van der Waals surface area contributed by atoms with Crippen LogP contribution in [0.25, 0.3) is 11.3 Å². The second kappa shape index (κ2) is 22.1. The number of hydrogen-bond acceptors (Lipinski definition) is 10. The van der Waals surface area contributed by atoms with Crippen molar-refractivity contribution >= 4 is 41.3 Å². The van der Waals surface area contributed by atoms with Gasteiger partial charge in [-0.15, -0.1) is 0 Å². The number of nitrogens with one attached hydrogen (secondary N) is 1. The summed E-state index contributed by atoms with van der Waals surface area (Å²) in [6.07, 6.45) is -2.93. The van der Waals surface area contributed by atoms with Crippen LogP contribution < -0.4 is 16.8 Å². The summed E-state index contributed by atoms with van der Waals surface area (Å²) in [5, 5.41) is 28.7. The molecule has 0 aliphatic carbocycles. The molecular formula is C37H47F5N6O8S. The van der Waals surface area contributed by atoms with Crippen LogP contribution in [0.4, 0.5) is 22.0 Å². The van der Waals surface area contributed by atoms with Gasteiger partial charge in [0.1, 0.15) is 35.9 Å². The van der Waals surface area contributed by atoms with E-state index < -0.39 is 71.7 Å². The van der Waals surface area contributed by atoms with E-state index in [2.05, 4.69) is 5.32 Å². The molecule has 1 heterocycles. The minimum atomic E-state index is -5.08. The Hall–Kier alpha value is -4.92. The second-order valence-electron chi connectivity index (χ2n) is 13.8. The van der Waals surface area contributed by atoms with E-state index in [1.54, 1.807) is 10.8 Å². The molecule has 2 amide bonds. The Morgan fingerprint density at radius 3 is 2.18 bits per heavy atom. The number of aromatic nitrogens is 2. The van der Waals surface area contributed by atoms with Crippen LogP contribution in [0.15, 0.2) is 54.7 Å². The Balaban J connectivity index is 0.00000146. The molecule has 0 radical (unpaired) electrons. The van der Waals surface area contributed by atoms with Gasteiger partial charge in [0.05, 0.1) is 23.5 Å². The summed E-state index contributed by atoms with van der Waals surface area (Å²) in [5.74, 6) is -5.84. The number of alkyl halides is 3. The first-order valence-corrected chi connectivity index (χ1v) is 18.6. The molecule has 0 aliphatic heterocycles. The van der Waals surface area contributed by atoms with Crippen LogP contribution in [-0.4, -0.2) is 109 Å². The van der Waals surface area contributed by atoms with Gasteiger partial charge in [0.2, 0.25) is 11.8 Å². The number of halogens is 5. The number of amides is 2. The lowest BCUT2D eigenvalue weighted by Gasteiger charge is -2.40. The van der Waals surface area contributed by atoms with E-state index in [4.69, 9.17) is 31.5 Å². The predicted molar refractivity (Wildman–Crippen MR) is 201 cm³/mol. The van der Waals surface area contributed by atoms with Crippen LogP contribution in [0, 0.1) is 17.0 Å². The number of Topliss-reactive ketones (excluding diaryl/α,β-unsaturated/α-hetero) is 1. The minimum Gasteiger partial charge on any atom is -0.480 e. The highest BCUT2D eigenvalue weighted by Crippen LogP contribution is 2.39. The van der Waals surface area contributed by atoms with E-state index >= 15 is 0 Å². The molecule has 0 saturated carbocycles. The zero-order valence-corrected chi connectivity index (χ0v) is 32.3. The standard InChI is InChI=1S/C35H46F2N6O6S.C2HF3O2/c1-35(2,3)31(32-41-29(25-16-23(36)11-12-26(25)37)18-42(32)17-22-8-5-4-6-9-22)43(30(46)19-44)15-13-27(38)33(47)40-14-7-10-24(45)20-50-21-28(39)34(48)49;3-2(4,5)1(6)7/h4-6,8-9,11-12,16,18,27-28,31,44H,7,10,13-15,17,19-21,38-39H2,1-3H3,(H,40,47)(H,48,49);(H,6,7)/t27-,28-,31-;/m0./s1. The van der Waals surface area contributed by atoms with Crippen molar-refractivity contribution in [3.05, 3.63) is 77.8 Å². The summed E-state index contributed by atoms with van der Waals surface area (Å²) in [4.78, 5) is 64.1. The van der Waals surface area contributed by atoms with Crippen molar-refractivity contribution in [3.63, 3.8) is 0 Å². The van der Waals surface area contributed by atoms with Gasteiger partial charge in [-0.3, -0.25) is 19.2 Å². The quantitative estimate of drug-likeness (QED) is 0.0750. The van der Waals surface area contributed by atoms with E-state index in [1.165, 1.54) is 4.90 Å². The Labute approximate surface area is 329 Å². The normalized spacial score (nSPS) is 13.1. The third kappa shape index (κ3) is 15.9. The maximum absolute atomic E-state index is 14.9. The third-order valence-corrected chi connectivity index (χ3v) is 9.23. The SMILES string of the molecule is CC(C)(C)[C@H](c1nc(-c2cc(F)ccc2F)cn1Cc1ccccc1)N(CC[C@H](N)C(=O)NCCCC(=O)CSC[C@H](N)C(=O)O)C(=O)CO.O=C(O)C(F)(F)F. The maximum atomic E-state index is 14.9. The van der Waals surface area contributed by atoms with E-state index in [1.807, 2.05) is 51.1 Å². The fraction of sp³-hybridized carbons (Fsp3) is 0.459. The van der Waals surface area contributed by atoms with Crippen molar-refractivity contribution in [3.8, 4) is 11.3 Å². The van der Waals surface area contributed by atoms with Gasteiger partial charge < -0.3 is 41.6 Å². The number of aliphatic hydroxyl groups is 1. The molecule has 3 rings (SSSR count). The highest BCUT2D eigenvalue weighted by atomic mass is 32.2. The minimum absolute atomic E-state index is 0.0222. The molecule has 314 valence electrons. The van der Waals surface area contributed by atoms with Crippen molar-refractivity contribution < 1.29 is 61.2 Å². The van der Waals surface area contributed by atoms with E-state index in [0.717, 1.165) is 35.5 Å². The lowest BCUT2D eigenvalue weighted by atomic mass is 9.84. The molecule has 1 aromatic heterocycles. The first-order valence-electron chi connectivity index (χ1n) is 17.4. The van der Waals surface area contributed by atoms with Gasteiger partial charge in [0.15, 0.2) is 0 Å². The number of aliphatic hydroxyl groups excluding tert-OH is 1. The number of imidazole rings is 1. The average Bonchev–Trinajstić information content (AvgIpc) is 3.53. The summed E-state index contributed by atoms with van der Waals surface area (Å²) in [6.45, 7) is 5.26. The van der Waals surface area contributed by atoms with Gasteiger partial charge in [-0.1, -0.05) is 51.1 Å². The highest BCUT2D eigenvalue weighted by Gasteiger charge is 2.39. The molecule has 0 saturated heterocycles. The van der Waals surface area contributed by atoms with Crippen LogP contribution in [0.5, 0.6) is 0 Å². The molecule has 0 spiro atoms. The van der Waals surface area contributed by atoms with Gasteiger partial charge in [0.25, 0.3) is 0 Å². The Morgan fingerprint density at radius 2 is 1.61 bits per heavy atom. The van der Waals surface area contributed by atoms with E-state index in [-0.39, 0.29) is 54.5 Å². The zero-order valence-electron chi connectivity index (χ0n) is 31.5. The molecule has 57 heavy (non-hydrogen) atoms. The Morgan fingerprint density at radius 1 is 0.982 bits per heavy atom. The van der Waals surface area contributed by atoms with Gasteiger partial charge in [-0.25, -0.2) is 18.6 Å². The van der Waals surface area contributed by atoms with Crippen molar-refractivity contribution in [1.82, 2.24) is 19.8 Å². The number of rotatable bonds is 19. The van der Waals surface area contributed by atoms with Crippen molar-refractivity contribution in [2.45, 2.75) is 70.9 Å². The van der Waals surface area contributed by atoms with Gasteiger partial charge in [-0.2, -0.15) is 24.9 Å². The van der Waals surface area contributed by atoms with Gasteiger partial charge in [-0.05, 0) is 42.0 Å². The summed E-state index contributed by atoms with van der Waals surface area (Å²) in [6, 6.07) is 9.63. The van der Waals surface area contributed by atoms with Gasteiger partial charge in [0, 0.05) is 43.6 Å². The third-order valence-electron chi connectivity index (χ3n) is 8.11. The molecule has 14 nitrogen and oxygen atoms in total. The molecule has 0 aliphatic rings. The number of nitrogens with zero attached hydrogens (tertiary/aromatic N) is 3. The first-order chi connectivity index (χ1) is 26.6. The summed E-state index contributed by atoms with van der Waals surface area (Å²) in [7, 11) is 0. The molecule has 2 aromatic carbocycles. The van der Waals surface area contributed by atoms with Crippen molar-refractivity contribution in [2.24, 2.45) is 16.9 Å². The predicted octanol–water partition coefficient (Wildman–Crippen LogP) is 3.75. The molecule has 3 aromatic rings. The number of carbonyl (C=O) groups excluding carboxylic acids is 3. The molecule has 20 heteroatoms. The average molecular weight is 831 g/mol. The lowest BCUT2D eigenvalue weighted by Crippen LogP contribution is -2.47. The monoisotopic (exact) mass is 830 g/mol. The van der Waals surface area contributed by atoms with Gasteiger partial charge >= 0.3 is 18.1 Å². The molecule has 0 unspecified atom stereocenters. The fourth-order valence-electron chi connectivity index (χ4n) is 5.34. The number of carboxylic acids is 2. The molecular weight excluding hydrogens is 783 g/mol. The van der Waals surface area contributed by atoms with Crippen LogP contribution in [0.1, 0.15) is 57.5 Å². The smallest absolute Gasteiger partial charge is 0.480 e. The summed E-state index contributed by atoms with van der Waals surface area (Å²) >= 11 is 1.13. The molecule has 3 atom stereocenters. The Kier molecular flexibility index (Phi) is 18.7. The topological polar surface area (TPSA) is 231 Å². The lowest BCUT2D eigenvalue weighted by molar-refractivity contribution is -0.192. The summed E-state index contributed by atoms with van der Waals surface area (Å²) in [5.41, 5.74) is 12.0. The number of ketones is 1.